The summed E-state index contributed by atoms with van der Waals surface area (Å²) in [6.07, 6.45) is 0. The molecule has 1 heterocycles. The summed E-state index contributed by atoms with van der Waals surface area (Å²) in [6, 6.07) is 15.7. The number of ether oxygens (including phenoxy) is 4. The van der Waals surface area contributed by atoms with E-state index in [2.05, 4.69) is 10.3 Å². The molecule has 1 aromatic heterocycles. The maximum atomic E-state index is 12.6. The minimum absolute atomic E-state index is 0.253. The van der Waals surface area contributed by atoms with Gasteiger partial charge in [-0.2, -0.15) is 0 Å². The highest BCUT2D eigenvalue weighted by atomic mass is 16.5. The quantitative estimate of drug-likeness (QED) is 0.447. The van der Waals surface area contributed by atoms with Crippen LogP contribution in [0.4, 0.5) is 5.69 Å². The number of methoxy groups -OCH3 is 4. The molecular weight excluding hydrogens is 412 g/mol. The van der Waals surface area contributed by atoms with Gasteiger partial charge in [0.05, 0.1) is 28.4 Å². The van der Waals surface area contributed by atoms with Crippen LogP contribution in [-0.4, -0.2) is 39.3 Å². The Hall–Kier alpha value is -4.20. The van der Waals surface area contributed by atoms with Crippen LogP contribution >= 0.6 is 0 Å². The summed E-state index contributed by atoms with van der Waals surface area (Å²) in [4.78, 5) is 17.2. The van der Waals surface area contributed by atoms with Crippen LogP contribution in [0.3, 0.4) is 0 Å². The highest BCUT2D eigenvalue weighted by molar-refractivity contribution is 6.05. The number of carbonyl (C=O) groups is 1. The first-order valence-electron chi connectivity index (χ1n) is 9.72. The first-order valence-corrected chi connectivity index (χ1v) is 9.72. The summed E-state index contributed by atoms with van der Waals surface area (Å²) >= 11 is 0. The molecule has 1 amide bonds. The van der Waals surface area contributed by atoms with E-state index in [9.17, 15) is 4.79 Å². The molecule has 4 aromatic rings. The highest BCUT2D eigenvalue weighted by Gasteiger charge is 2.18. The second-order valence-corrected chi connectivity index (χ2v) is 6.80. The Morgan fingerprint density at radius 3 is 2.28 bits per heavy atom. The van der Waals surface area contributed by atoms with Crippen molar-refractivity contribution in [3.05, 3.63) is 60.2 Å². The van der Waals surface area contributed by atoms with Crippen molar-refractivity contribution >= 4 is 22.7 Å². The number of nitrogens with one attached hydrogen (secondary N) is 1. The van der Waals surface area contributed by atoms with E-state index in [0.717, 1.165) is 0 Å². The Labute approximate surface area is 184 Å². The molecule has 0 fully saturated rings. The lowest BCUT2D eigenvalue weighted by Crippen LogP contribution is -2.11. The van der Waals surface area contributed by atoms with E-state index in [-0.39, 0.29) is 5.91 Å². The van der Waals surface area contributed by atoms with E-state index in [1.807, 2.05) is 0 Å². The average Bonchev–Trinajstić information content (AvgIpc) is 3.26. The monoisotopic (exact) mass is 434 g/mol. The normalized spacial score (nSPS) is 10.6. The Kier molecular flexibility index (Phi) is 5.85. The Bertz CT molecular complexity index is 1260. The summed E-state index contributed by atoms with van der Waals surface area (Å²) in [5, 5.41) is 2.87. The summed E-state index contributed by atoms with van der Waals surface area (Å²) in [7, 11) is 6.19. The summed E-state index contributed by atoms with van der Waals surface area (Å²) in [5.74, 6) is 2.22. The first kappa shape index (κ1) is 21.0. The van der Waals surface area contributed by atoms with Crippen molar-refractivity contribution in [2.75, 3.05) is 33.8 Å². The third-order valence-corrected chi connectivity index (χ3v) is 4.89. The van der Waals surface area contributed by atoms with Gasteiger partial charge in [0.2, 0.25) is 11.6 Å². The predicted octanol–water partition coefficient (Wildman–Crippen LogP) is 4.78. The number of amides is 1. The molecule has 32 heavy (non-hydrogen) atoms. The Balaban J connectivity index is 1.64. The molecule has 0 aliphatic heterocycles. The van der Waals surface area contributed by atoms with E-state index in [0.29, 0.717) is 56.8 Å². The molecular formula is C24H22N2O6. The second kappa shape index (κ2) is 8.89. The molecule has 0 aliphatic carbocycles. The molecule has 0 saturated carbocycles. The standard InChI is InChI=1S/C24H22N2O6/c1-28-17-7-5-6-14(10-17)23(27)25-16-8-9-19-18(13-16)26-24(32-19)15-11-20(29-2)22(31-4)21(12-15)30-3/h5-13H,1-4H3,(H,25,27). The van der Waals surface area contributed by atoms with Crippen molar-refractivity contribution in [2.24, 2.45) is 0 Å². The molecule has 8 nitrogen and oxygen atoms in total. The van der Waals surface area contributed by atoms with Crippen LogP contribution in [0.15, 0.2) is 59.0 Å². The fourth-order valence-electron chi connectivity index (χ4n) is 3.30. The fraction of sp³-hybridized carbons (Fsp3) is 0.167. The number of nitrogens with zero attached hydrogens (tertiary/aromatic N) is 1. The van der Waals surface area contributed by atoms with Crippen molar-refractivity contribution in [3.63, 3.8) is 0 Å². The number of benzene rings is 3. The number of anilines is 1. The van der Waals surface area contributed by atoms with Gasteiger partial charge in [-0.05, 0) is 48.5 Å². The zero-order valence-electron chi connectivity index (χ0n) is 18.1. The molecule has 1 N–H and O–H groups in total. The van der Waals surface area contributed by atoms with Crippen molar-refractivity contribution in [1.29, 1.82) is 0 Å². The molecule has 0 unspecified atom stereocenters. The number of rotatable bonds is 7. The summed E-state index contributed by atoms with van der Waals surface area (Å²) < 4.78 is 27.3. The van der Waals surface area contributed by atoms with Gasteiger partial charge in [-0.1, -0.05) is 6.07 Å². The van der Waals surface area contributed by atoms with Crippen LogP contribution in [0.2, 0.25) is 0 Å². The predicted molar refractivity (Wildman–Crippen MR) is 120 cm³/mol. The number of aromatic nitrogens is 1. The summed E-state index contributed by atoms with van der Waals surface area (Å²) in [5.41, 5.74) is 2.92. The lowest BCUT2D eigenvalue weighted by molar-refractivity contribution is 0.102. The average molecular weight is 434 g/mol. The molecule has 0 bridgehead atoms. The molecule has 0 spiro atoms. The Morgan fingerprint density at radius 1 is 0.875 bits per heavy atom. The van der Waals surface area contributed by atoms with Crippen molar-refractivity contribution in [1.82, 2.24) is 4.98 Å². The van der Waals surface area contributed by atoms with Gasteiger partial charge in [-0.25, -0.2) is 4.98 Å². The lowest BCUT2D eigenvalue weighted by Gasteiger charge is -2.12. The summed E-state index contributed by atoms with van der Waals surface area (Å²) in [6.45, 7) is 0. The van der Waals surface area contributed by atoms with E-state index in [4.69, 9.17) is 23.4 Å². The lowest BCUT2D eigenvalue weighted by atomic mass is 10.2. The molecule has 3 aromatic carbocycles. The Morgan fingerprint density at radius 2 is 1.62 bits per heavy atom. The molecule has 4 rings (SSSR count). The first-order chi connectivity index (χ1) is 15.6. The molecule has 0 radical (unpaired) electrons. The van der Waals surface area contributed by atoms with Gasteiger partial charge < -0.3 is 28.7 Å². The zero-order chi connectivity index (χ0) is 22.7. The van der Waals surface area contributed by atoms with Crippen molar-refractivity contribution in [2.45, 2.75) is 0 Å². The maximum absolute atomic E-state index is 12.6. The molecule has 0 atom stereocenters. The van der Waals surface area contributed by atoms with E-state index in [1.54, 1.807) is 83.0 Å². The van der Waals surface area contributed by atoms with E-state index < -0.39 is 0 Å². The number of carbonyl (C=O) groups excluding carboxylic acids is 1. The topological polar surface area (TPSA) is 92.1 Å². The van der Waals surface area contributed by atoms with Gasteiger partial charge in [0, 0.05) is 16.8 Å². The molecule has 0 aliphatic rings. The largest absolute Gasteiger partial charge is 0.497 e. The van der Waals surface area contributed by atoms with Gasteiger partial charge in [-0.3, -0.25) is 4.79 Å². The van der Waals surface area contributed by atoms with Crippen molar-refractivity contribution < 1.29 is 28.2 Å². The van der Waals surface area contributed by atoms with Gasteiger partial charge in [0.1, 0.15) is 11.3 Å². The SMILES string of the molecule is COc1cccc(C(=O)Nc2ccc3oc(-c4cc(OC)c(OC)c(OC)c4)nc3c2)c1. The third kappa shape index (κ3) is 4.02. The van der Waals surface area contributed by atoms with E-state index >= 15 is 0 Å². The number of oxazole rings is 1. The van der Waals surface area contributed by atoms with Crippen LogP contribution < -0.4 is 24.3 Å². The van der Waals surface area contributed by atoms with Gasteiger partial charge >= 0.3 is 0 Å². The van der Waals surface area contributed by atoms with Crippen LogP contribution in [0, 0.1) is 0 Å². The van der Waals surface area contributed by atoms with Crippen LogP contribution in [0.25, 0.3) is 22.6 Å². The molecule has 8 heteroatoms. The van der Waals surface area contributed by atoms with Crippen LogP contribution in [-0.2, 0) is 0 Å². The number of fused-ring (bicyclic) bond motifs is 1. The molecule has 0 saturated heterocycles. The van der Waals surface area contributed by atoms with Crippen LogP contribution in [0.5, 0.6) is 23.0 Å². The second-order valence-electron chi connectivity index (χ2n) is 6.80. The smallest absolute Gasteiger partial charge is 0.255 e. The zero-order valence-corrected chi connectivity index (χ0v) is 18.1. The van der Waals surface area contributed by atoms with E-state index in [1.165, 1.54) is 0 Å². The van der Waals surface area contributed by atoms with Gasteiger partial charge in [0.15, 0.2) is 17.1 Å². The van der Waals surface area contributed by atoms with Gasteiger partial charge in [-0.15, -0.1) is 0 Å². The molecule has 164 valence electrons. The third-order valence-electron chi connectivity index (χ3n) is 4.89. The minimum atomic E-state index is -0.253. The fourth-order valence-corrected chi connectivity index (χ4v) is 3.30. The van der Waals surface area contributed by atoms with Gasteiger partial charge in [0.25, 0.3) is 5.91 Å². The van der Waals surface area contributed by atoms with Crippen LogP contribution in [0.1, 0.15) is 10.4 Å². The minimum Gasteiger partial charge on any atom is -0.497 e. The van der Waals surface area contributed by atoms with Crippen molar-refractivity contribution in [3.8, 4) is 34.5 Å². The number of hydrogen-bond donors (Lipinski definition) is 1. The maximum Gasteiger partial charge on any atom is 0.255 e. The number of hydrogen-bond acceptors (Lipinski definition) is 7. The highest BCUT2D eigenvalue weighted by Crippen LogP contribution is 2.41.